The highest BCUT2D eigenvalue weighted by molar-refractivity contribution is 5.92. The van der Waals surface area contributed by atoms with Gasteiger partial charge in [0.15, 0.2) is 0 Å². The van der Waals surface area contributed by atoms with Gasteiger partial charge in [-0.05, 0) is 147 Å². The lowest BCUT2D eigenvalue weighted by atomic mass is 9.82. The first kappa shape index (κ1) is 39.0. The monoisotopic (exact) mass is 801 g/mol. The van der Waals surface area contributed by atoms with Crippen LogP contribution < -0.4 is 15.5 Å². The molecule has 62 heavy (non-hydrogen) atoms. The van der Waals surface area contributed by atoms with Crippen molar-refractivity contribution in [1.82, 2.24) is 0 Å². The molecule has 9 aromatic rings. The molecule has 0 aliphatic heterocycles. The maximum absolute atomic E-state index is 6.47. The molecule has 1 aromatic heterocycles. The van der Waals surface area contributed by atoms with Crippen LogP contribution in [0.3, 0.4) is 0 Å². The highest BCUT2D eigenvalue weighted by Gasteiger charge is 2.35. The average molecular weight is 802 g/mol. The Labute approximate surface area is 365 Å². The molecule has 0 radical (unpaired) electrons. The summed E-state index contributed by atoms with van der Waals surface area (Å²) >= 11 is 0. The molecule has 0 unspecified atom stereocenters. The number of fused-ring (bicyclic) bond motifs is 6. The van der Waals surface area contributed by atoms with Crippen molar-refractivity contribution in [1.29, 1.82) is 0 Å². The summed E-state index contributed by atoms with van der Waals surface area (Å²) in [5.41, 5.74) is 20.0. The van der Waals surface area contributed by atoms with Gasteiger partial charge in [0.05, 0.1) is 0 Å². The summed E-state index contributed by atoms with van der Waals surface area (Å²) in [7, 11) is 0. The molecule has 0 fully saturated rings. The molecule has 302 valence electrons. The molecule has 0 saturated heterocycles. The van der Waals surface area contributed by atoms with Gasteiger partial charge in [-0.15, -0.1) is 0 Å². The van der Waals surface area contributed by atoms with Crippen molar-refractivity contribution in [3.63, 3.8) is 0 Å². The van der Waals surface area contributed by atoms with Crippen LogP contribution in [0.25, 0.3) is 78.8 Å². The highest BCUT2D eigenvalue weighted by atomic mass is 16.3. The van der Waals surface area contributed by atoms with Gasteiger partial charge in [-0.1, -0.05) is 167 Å². The second kappa shape index (κ2) is 16.4. The Bertz CT molecular complexity index is 3190. The van der Waals surface area contributed by atoms with Crippen LogP contribution in [-0.2, 0) is 5.41 Å². The smallest absolute Gasteiger partial charge is 0.136 e. The van der Waals surface area contributed by atoms with Gasteiger partial charge in [0.1, 0.15) is 11.0 Å². The van der Waals surface area contributed by atoms with E-state index >= 15 is 0 Å². The van der Waals surface area contributed by atoms with E-state index < -0.39 is 0 Å². The highest BCUT2D eigenvalue weighted by Crippen LogP contribution is 2.51. The minimum absolute atomic E-state index is 0.120. The second-order valence-electron chi connectivity index (χ2n) is 16.8. The lowest BCUT2D eigenvalue weighted by Crippen LogP contribution is -2.18. The maximum Gasteiger partial charge on any atom is 0.136 e. The van der Waals surface area contributed by atoms with Gasteiger partial charge in [-0.3, -0.25) is 0 Å². The number of hydrogen-bond acceptors (Lipinski definition) is 2. The molecule has 2 nitrogen and oxygen atoms in total. The lowest BCUT2D eigenvalue weighted by molar-refractivity contribution is 0.574. The molecule has 0 atom stereocenters. The lowest BCUT2D eigenvalue weighted by Gasteiger charge is -2.29. The van der Waals surface area contributed by atoms with E-state index in [2.05, 4.69) is 219 Å². The minimum atomic E-state index is -0.120. The summed E-state index contributed by atoms with van der Waals surface area (Å²) < 4.78 is 6.47. The van der Waals surface area contributed by atoms with Crippen LogP contribution in [0.1, 0.15) is 58.1 Å². The first-order valence-electron chi connectivity index (χ1n) is 22.2. The fourth-order valence-corrected chi connectivity index (χ4v) is 9.63. The molecule has 1 heterocycles. The van der Waals surface area contributed by atoms with Crippen molar-refractivity contribution in [2.45, 2.75) is 52.4 Å². The summed E-state index contributed by atoms with van der Waals surface area (Å²) in [6, 6.07) is 69.0. The van der Waals surface area contributed by atoms with E-state index in [0.29, 0.717) is 0 Å². The van der Waals surface area contributed by atoms with E-state index in [1.54, 1.807) is 0 Å². The summed E-state index contributed by atoms with van der Waals surface area (Å²) in [5.74, 6) is 0. The van der Waals surface area contributed by atoms with Gasteiger partial charge in [-0.2, -0.15) is 0 Å². The van der Waals surface area contributed by atoms with E-state index in [9.17, 15) is 0 Å². The van der Waals surface area contributed by atoms with E-state index in [-0.39, 0.29) is 5.41 Å². The molecule has 2 aliphatic rings. The number of anilines is 3. The first-order valence-corrected chi connectivity index (χ1v) is 22.2. The zero-order chi connectivity index (χ0) is 42.2. The largest absolute Gasteiger partial charge is 0.456 e. The molecule has 2 heteroatoms. The van der Waals surface area contributed by atoms with Crippen molar-refractivity contribution in [2.24, 2.45) is 0 Å². The van der Waals surface area contributed by atoms with Gasteiger partial charge in [0.2, 0.25) is 0 Å². The van der Waals surface area contributed by atoms with Crippen molar-refractivity contribution in [2.75, 3.05) is 4.90 Å². The number of furan rings is 1. The molecule has 0 bridgehead atoms. The quantitative estimate of drug-likeness (QED) is 0.160. The Hall–Kier alpha value is -7.16. The SMILES string of the molecule is CC.CC1(C)c2ccccc2-c2ccc(N(c3ccc(-c4ccccc4)cc3)c3cccc(-c4cc(-c5ccc6c7c(oc6c5)=CCCCC=7)ccc4-c4ccccc4)c3)cc21. The normalized spacial score (nSPS) is 13.4. The number of hydrogen-bond donors (Lipinski definition) is 0. The molecule has 8 aromatic carbocycles. The van der Waals surface area contributed by atoms with Crippen LogP contribution >= 0.6 is 0 Å². The summed E-state index contributed by atoms with van der Waals surface area (Å²) in [6.45, 7) is 8.71. The zero-order valence-electron chi connectivity index (χ0n) is 36.0. The molecule has 2 aliphatic carbocycles. The Balaban J connectivity index is 0.00000226. The van der Waals surface area contributed by atoms with E-state index in [0.717, 1.165) is 57.6 Å². The van der Waals surface area contributed by atoms with Gasteiger partial charge in [-0.25, -0.2) is 0 Å². The topological polar surface area (TPSA) is 16.4 Å². The molecule has 0 saturated carbocycles. The third-order valence-corrected chi connectivity index (χ3v) is 12.8. The summed E-state index contributed by atoms with van der Waals surface area (Å²) in [4.78, 5) is 2.42. The fraction of sp³-hybridized carbons (Fsp3) is 0.133. The molecular formula is C60H51NO. The second-order valence-corrected chi connectivity index (χ2v) is 16.8. The first-order chi connectivity index (χ1) is 30.5. The van der Waals surface area contributed by atoms with Gasteiger partial charge >= 0.3 is 0 Å². The maximum atomic E-state index is 6.47. The average Bonchev–Trinajstić information content (AvgIpc) is 3.67. The Morgan fingerprint density at radius 3 is 1.82 bits per heavy atom. The van der Waals surface area contributed by atoms with E-state index in [1.807, 2.05) is 13.8 Å². The Kier molecular flexibility index (Phi) is 10.3. The third-order valence-electron chi connectivity index (χ3n) is 12.8. The van der Waals surface area contributed by atoms with Crippen molar-refractivity contribution >= 4 is 40.2 Å². The zero-order valence-corrected chi connectivity index (χ0v) is 36.0. The van der Waals surface area contributed by atoms with Gasteiger partial charge in [0.25, 0.3) is 0 Å². The predicted molar refractivity (Wildman–Crippen MR) is 264 cm³/mol. The molecule has 0 spiro atoms. The predicted octanol–water partition coefficient (Wildman–Crippen LogP) is 15.6. The van der Waals surface area contributed by atoms with Crippen LogP contribution in [0.2, 0.25) is 0 Å². The molecule has 11 rings (SSSR count). The third kappa shape index (κ3) is 6.96. The van der Waals surface area contributed by atoms with Crippen LogP contribution in [0.5, 0.6) is 0 Å². The van der Waals surface area contributed by atoms with Gasteiger partial charge < -0.3 is 9.32 Å². The summed E-state index contributed by atoms with van der Waals surface area (Å²) in [6.07, 6.45) is 7.89. The van der Waals surface area contributed by atoms with Crippen molar-refractivity contribution < 1.29 is 4.42 Å². The van der Waals surface area contributed by atoms with Crippen LogP contribution in [0.15, 0.2) is 192 Å². The van der Waals surface area contributed by atoms with Crippen molar-refractivity contribution in [3.05, 3.63) is 210 Å². The fourth-order valence-electron chi connectivity index (χ4n) is 9.63. The Morgan fingerprint density at radius 2 is 1.02 bits per heavy atom. The summed E-state index contributed by atoms with van der Waals surface area (Å²) in [5, 5.41) is 2.43. The minimum Gasteiger partial charge on any atom is -0.456 e. The number of rotatable bonds is 7. The molecule has 0 N–H and O–H groups in total. The molecular weight excluding hydrogens is 751 g/mol. The van der Waals surface area contributed by atoms with E-state index in [4.69, 9.17) is 4.42 Å². The van der Waals surface area contributed by atoms with Crippen LogP contribution in [-0.4, -0.2) is 0 Å². The van der Waals surface area contributed by atoms with Gasteiger partial charge in [0, 0.05) is 33.1 Å². The van der Waals surface area contributed by atoms with Crippen LogP contribution in [0, 0.1) is 0 Å². The number of benzene rings is 8. The molecule has 0 amide bonds. The standard InChI is InChI=1S/C58H45NO.C2H6/c1-58(2)54-23-13-12-21-49(54)50-34-31-47(38-55(50)58)59(45-29-25-40(26-30-45)39-15-6-3-7-16-39)46-20-14-19-44(35-46)53-36-42(27-32-48(53)41-17-8-4-9-18-41)43-28-33-52-51-22-10-5-11-24-56(51)60-57(52)37-43;1-2/h3-4,6-9,12-38H,5,10-11H2,1-2H3;1-2H3. The Morgan fingerprint density at radius 1 is 0.419 bits per heavy atom. The van der Waals surface area contributed by atoms with E-state index in [1.165, 1.54) is 67.1 Å². The van der Waals surface area contributed by atoms with Crippen molar-refractivity contribution in [3.8, 4) is 55.6 Å². The van der Waals surface area contributed by atoms with Crippen LogP contribution in [0.4, 0.5) is 17.1 Å². The number of nitrogens with zero attached hydrogens (tertiary/aromatic N) is 1.